The Morgan fingerprint density at radius 2 is 1.16 bits per heavy atom. The Hall–Kier alpha value is -2.19. The second kappa shape index (κ2) is 8.06. The van der Waals surface area contributed by atoms with Gasteiger partial charge >= 0.3 is 35.8 Å². The molecule has 0 bridgehead atoms. The van der Waals surface area contributed by atoms with E-state index in [2.05, 4.69) is 6.58 Å². The van der Waals surface area contributed by atoms with Crippen molar-refractivity contribution in [3.8, 4) is 5.75 Å². The van der Waals surface area contributed by atoms with E-state index in [4.69, 9.17) is 4.74 Å². The van der Waals surface area contributed by atoms with Gasteiger partial charge in [-0.1, -0.05) is 24.8 Å². The van der Waals surface area contributed by atoms with Gasteiger partial charge in [0.1, 0.15) is 18.5 Å². The van der Waals surface area contributed by atoms with Crippen LogP contribution in [0, 0.1) is 0 Å². The minimum absolute atomic E-state index is 0.132. The molecule has 0 fully saturated rings. The normalized spacial score (nSPS) is 15.5. The van der Waals surface area contributed by atoms with Gasteiger partial charge in [-0.05, 0) is 17.7 Å². The van der Waals surface area contributed by atoms with Gasteiger partial charge in [0.2, 0.25) is 0 Å². The van der Waals surface area contributed by atoms with Gasteiger partial charge in [-0.2, -0.15) is 57.1 Å². The zero-order valence-electron chi connectivity index (χ0n) is 14.6. The number of aliphatic hydroxyl groups is 1. The Labute approximate surface area is 164 Å². The maximum Gasteiger partial charge on any atom is 0.460 e. The van der Waals surface area contributed by atoms with Crippen molar-refractivity contribution in [3.63, 3.8) is 0 Å². The molecule has 0 aromatic heterocycles. The van der Waals surface area contributed by atoms with Crippen LogP contribution in [0.15, 0.2) is 36.9 Å². The van der Waals surface area contributed by atoms with Crippen molar-refractivity contribution < 1.29 is 66.9 Å². The van der Waals surface area contributed by atoms with Gasteiger partial charge in [-0.3, -0.25) is 0 Å². The molecule has 0 spiro atoms. The largest absolute Gasteiger partial charge is 0.490 e. The number of rotatable bonds is 9. The van der Waals surface area contributed by atoms with Gasteiger partial charge in [0.25, 0.3) is 0 Å². The van der Waals surface area contributed by atoms with Crippen LogP contribution in [-0.4, -0.2) is 47.5 Å². The average molecular weight is 482 g/mol. The first-order valence-corrected chi connectivity index (χ1v) is 7.67. The minimum atomic E-state index is -8.02. The molecular formula is C16H11F13O2. The second-order valence-electron chi connectivity index (χ2n) is 5.99. The van der Waals surface area contributed by atoms with Gasteiger partial charge in [-0.25, -0.2) is 0 Å². The lowest BCUT2D eigenvalue weighted by Gasteiger charge is -2.40. The van der Waals surface area contributed by atoms with Crippen molar-refractivity contribution in [2.24, 2.45) is 0 Å². The molecule has 1 atom stereocenters. The van der Waals surface area contributed by atoms with E-state index in [1.54, 1.807) is 0 Å². The van der Waals surface area contributed by atoms with Crippen molar-refractivity contribution >= 4 is 0 Å². The predicted octanol–water partition coefficient (Wildman–Crippen LogP) is 6.02. The third-order valence-corrected chi connectivity index (χ3v) is 3.86. The molecule has 0 heterocycles. The van der Waals surface area contributed by atoms with Crippen LogP contribution in [0.25, 0.3) is 0 Å². The number of hydrogen-bond acceptors (Lipinski definition) is 2. The van der Waals surface area contributed by atoms with E-state index in [1.165, 1.54) is 6.08 Å². The summed E-state index contributed by atoms with van der Waals surface area (Å²) < 4.78 is 175. The number of aliphatic hydroxyl groups excluding tert-OH is 1. The molecule has 1 N–H and O–H groups in total. The first kappa shape index (κ1) is 26.8. The zero-order chi connectivity index (χ0) is 24.7. The summed E-state index contributed by atoms with van der Waals surface area (Å²) in [4.78, 5) is 0. The average Bonchev–Trinajstić information content (AvgIpc) is 2.64. The van der Waals surface area contributed by atoms with E-state index in [0.717, 1.165) is 12.1 Å². The molecule has 1 aromatic rings. The molecule has 0 radical (unpaired) electrons. The smallest absolute Gasteiger partial charge is 0.460 e. The lowest BCUT2D eigenvalue weighted by Crippen LogP contribution is -2.70. The SMILES string of the molecule is C=CCOc1ccc(C(O)C(F)(F)C(F)(F)C(F)(F)C(F)(F)C(F)(F)C(F)(F)F)cc1. The Morgan fingerprint density at radius 1 is 0.742 bits per heavy atom. The fraction of sp³-hybridized carbons (Fsp3) is 0.500. The topological polar surface area (TPSA) is 29.5 Å². The van der Waals surface area contributed by atoms with Crippen LogP contribution >= 0.6 is 0 Å². The second-order valence-corrected chi connectivity index (χ2v) is 5.99. The molecule has 0 aliphatic carbocycles. The molecule has 2 nitrogen and oxygen atoms in total. The Balaban J connectivity index is 3.40. The van der Waals surface area contributed by atoms with Gasteiger partial charge in [0.15, 0.2) is 0 Å². The molecule has 178 valence electrons. The summed E-state index contributed by atoms with van der Waals surface area (Å²) in [6, 6.07) is 2.32. The number of halogens is 13. The minimum Gasteiger partial charge on any atom is -0.490 e. The third kappa shape index (κ3) is 4.15. The van der Waals surface area contributed by atoms with Crippen molar-refractivity contribution in [1.82, 2.24) is 0 Å². The molecular weight excluding hydrogens is 471 g/mol. The van der Waals surface area contributed by atoms with Crippen LogP contribution in [0.5, 0.6) is 5.75 Å². The van der Waals surface area contributed by atoms with E-state index in [9.17, 15) is 62.2 Å². The molecule has 1 unspecified atom stereocenters. The maximum absolute atomic E-state index is 13.9. The molecule has 15 heteroatoms. The van der Waals surface area contributed by atoms with Crippen molar-refractivity contribution in [2.75, 3.05) is 6.61 Å². The highest BCUT2D eigenvalue weighted by Gasteiger charge is 2.91. The van der Waals surface area contributed by atoms with Crippen LogP contribution < -0.4 is 4.74 Å². The van der Waals surface area contributed by atoms with Crippen LogP contribution in [0.1, 0.15) is 11.7 Å². The van der Waals surface area contributed by atoms with Gasteiger partial charge < -0.3 is 9.84 Å². The molecule has 0 aliphatic heterocycles. The predicted molar refractivity (Wildman–Crippen MR) is 77.9 cm³/mol. The van der Waals surface area contributed by atoms with Crippen LogP contribution in [0.4, 0.5) is 57.1 Å². The van der Waals surface area contributed by atoms with E-state index < -0.39 is 47.5 Å². The number of benzene rings is 1. The highest BCUT2D eigenvalue weighted by molar-refractivity contribution is 5.30. The summed E-state index contributed by atoms with van der Waals surface area (Å²) in [5, 5.41) is 9.37. The first-order chi connectivity index (χ1) is 13.7. The van der Waals surface area contributed by atoms with Gasteiger partial charge in [0.05, 0.1) is 0 Å². The van der Waals surface area contributed by atoms with Gasteiger partial charge in [-0.15, -0.1) is 0 Å². The molecule has 1 aromatic carbocycles. The Morgan fingerprint density at radius 3 is 1.55 bits per heavy atom. The maximum atomic E-state index is 13.9. The van der Waals surface area contributed by atoms with E-state index in [1.807, 2.05) is 0 Å². The molecule has 31 heavy (non-hydrogen) atoms. The lowest BCUT2D eigenvalue weighted by atomic mass is 9.89. The van der Waals surface area contributed by atoms with Crippen LogP contribution in [0.3, 0.4) is 0 Å². The monoisotopic (exact) mass is 482 g/mol. The molecule has 0 saturated heterocycles. The van der Waals surface area contributed by atoms with Crippen molar-refractivity contribution in [1.29, 1.82) is 0 Å². The number of ether oxygens (including phenoxy) is 1. The third-order valence-electron chi connectivity index (χ3n) is 3.86. The summed E-state index contributed by atoms with van der Waals surface area (Å²) in [6.45, 7) is 3.12. The zero-order valence-corrected chi connectivity index (χ0v) is 14.6. The Bertz CT molecular complexity index is 769. The summed E-state index contributed by atoms with van der Waals surface area (Å²) in [7, 11) is 0. The highest BCUT2D eigenvalue weighted by atomic mass is 19.4. The molecule has 0 amide bonds. The molecule has 0 saturated carbocycles. The van der Waals surface area contributed by atoms with Crippen LogP contribution in [-0.2, 0) is 0 Å². The number of hydrogen-bond donors (Lipinski definition) is 1. The molecule has 0 aliphatic rings. The lowest BCUT2D eigenvalue weighted by molar-refractivity contribution is -0.444. The van der Waals surface area contributed by atoms with Crippen molar-refractivity contribution in [3.05, 3.63) is 42.5 Å². The quantitative estimate of drug-likeness (QED) is 0.345. The number of alkyl halides is 13. The van der Waals surface area contributed by atoms with E-state index in [0.29, 0.717) is 12.1 Å². The Kier molecular flexibility index (Phi) is 6.98. The summed E-state index contributed by atoms with van der Waals surface area (Å²) in [5.41, 5.74) is -1.29. The van der Waals surface area contributed by atoms with Gasteiger partial charge in [0, 0.05) is 0 Å². The van der Waals surface area contributed by atoms with E-state index >= 15 is 0 Å². The molecule has 1 rings (SSSR count). The first-order valence-electron chi connectivity index (χ1n) is 7.67. The van der Waals surface area contributed by atoms with Crippen molar-refractivity contribution in [2.45, 2.75) is 41.9 Å². The van der Waals surface area contributed by atoms with Crippen LogP contribution in [0.2, 0.25) is 0 Å². The fourth-order valence-corrected chi connectivity index (χ4v) is 2.06. The fourth-order valence-electron chi connectivity index (χ4n) is 2.06. The highest BCUT2D eigenvalue weighted by Crippen LogP contribution is 2.61. The summed E-state index contributed by atoms with van der Waals surface area (Å²) >= 11 is 0. The standard InChI is InChI=1S/C16H11F13O2/c1-2-7-31-9-5-3-8(4-6-9)10(30)11(17,18)12(19,20)13(21,22)14(23,24)15(25,26)16(27,28)29/h2-6,10,30H,1,7H2. The summed E-state index contributed by atoms with van der Waals surface area (Å²) in [6.07, 6.45) is -10.3. The summed E-state index contributed by atoms with van der Waals surface area (Å²) in [5.74, 6) is -38.1. The van der Waals surface area contributed by atoms with E-state index in [-0.39, 0.29) is 12.4 Å².